The van der Waals surface area contributed by atoms with E-state index in [4.69, 9.17) is 16.3 Å². The van der Waals surface area contributed by atoms with Crippen LogP contribution in [0, 0.1) is 5.82 Å². The van der Waals surface area contributed by atoms with Crippen LogP contribution in [0.1, 0.15) is 11.7 Å². The number of benzene rings is 1. The molecule has 1 N–H and O–H groups in total. The lowest BCUT2D eigenvalue weighted by atomic mass is 10.1. The largest absolute Gasteiger partial charge is 0.482 e. The molecule has 1 atom stereocenters. The van der Waals surface area contributed by atoms with Crippen molar-refractivity contribution in [2.24, 2.45) is 0 Å². The van der Waals surface area contributed by atoms with Gasteiger partial charge in [0.1, 0.15) is 17.7 Å². The Morgan fingerprint density at radius 1 is 1.41 bits per heavy atom. The number of fused-ring (bicyclic) bond motifs is 1. The van der Waals surface area contributed by atoms with Crippen LogP contribution in [-0.2, 0) is 0 Å². The molecule has 2 aromatic rings. The lowest BCUT2D eigenvalue weighted by Crippen LogP contribution is -2.23. The molecule has 0 saturated heterocycles. The van der Waals surface area contributed by atoms with E-state index in [0.29, 0.717) is 18.0 Å². The van der Waals surface area contributed by atoms with Crippen molar-refractivity contribution in [2.75, 3.05) is 11.9 Å². The lowest BCUT2D eigenvalue weighted by Gasteiger charge is -2.26. The van der Waals surface area contributed by atoms with Gasteiger partial charge in [-0.3, -0.25) is 0 Å². The van der Waals surface area contributed by atoms with Crippen molar-refractivity contribution >= 4 is 28.6 Å². The van der Waals surface area contributed by atoms with Crippen molar-refractivity contribution in [3.8, 4) is 5.75 Å². The Hall–Kier alpha value is -1.26. The van der Waals surface area contributed by atoms with E-state index in [1.807, 2.05) is 11.4 Å². The fourth-order valence-corrected chi connectivity index (χ4v) is 2.75. The number of rotatable bonds is 1. The molecular weight excluding hydrogens is 261 g/mol. The van der Waals surface area contributed by atoms with Crippen molar-refractivity contribution in [3.63, 3.8) is 0 Å². The summed E-state index contributed by atoms with van der Waals surface area (Å²) in [6.45, 7) is 0.615. The molecule has 1 aromatic heterocycles. The van der Waals surface area contributed by atoms with Gasteiger partial charge >= 0.3 is 0 Å². The molecule has 3 rings (SSSR count). The molecule has 88 valence electrons. The van der Waals surface area contributed by atoms with Gasteiger partial charge in [0.2, 0.25) is 0 Å². The van der Waals surface area contributed by atoms with E-state index in [-0.39, 0.29) is 11.9 Å². The van der Waals surface area contributed by atoms with E-state index in [1.165, 1.54) is 23.5 Å². The number of ether oxygens (including phenoxy) is 1. The molecule has 0 fully saturated rings. The van der Waals surface area contributed by atoms with Crippen LogP contribution < -0.4 is 10.1 Å². The molecule has 2 nitrogen and oxygen atoms in total. The minimum atomic E-state index is -0.267. The van der Waals surface area contributed by atoms with Crippen LogP contribution in [0.3, 0.4) is 0 Å². The summed E-state index contributed by atoms with van der Waals surface area (Å²) in [5, 5.41) is 5.13. The highest BCUT2D eigenvalue weighted by atomic mass is 35.5. The van der Waals surface area contributed by atoms with Crippen LogP contribution in [0.5, 0.6) is 5.75 Å². The third-order valence-electron chi connectivity index (χ3n) is 2.65. The van der Waals surface area contributed by atoms with Gasteiger partial charge in [-0.15, -0.1) is 11.3 Å². The zero-order valence-corrected chi connectivity index (χ0v) is 10.3. The number of hydrogen-bond donors (Lipinski definition) is 1. The summed E-state index contributed by atoms with van der Waals surface area (Å²) in [5.41, 5.74) is 1.74. The van der Waals surface area contributed by atoms with Crippen LogP contribution in [-0.4, -0.2) is 6.54 Å². The van der Waals surface area contributed by atoms with E-state index in [0.717, 1.165) is 9.90 Å². The zero-order valence-electron chi connectivity index (χ0n) is 8.74. The fraction of sp³-hybridized carbons (Fsp3) is 0.167. The number of halogens is 2. The summed E-state index contributed by atoms with van der Waals surface area (Å²) in [6.07, 6.45) is -0.0725. The molecule has 0 saturated carbocycles. The van der Waals surface area contributed by atoms with Gasteiger partial charge in [0.25, 0.3) is 0 Å². The Kier molecular flexibility index (Phi) is 2.68. The standard InChI is InChI=1S/C12H9ClFNOS/c13-12-3-7(6-17-12)11-5-15-9-4-8(14)1-2-10(9)16-11/h1-4,6,11,15H,5H2. The fourth-order valence-electron chi connectivity index (χ4n) is 1.82. The second-order valence-electron chi connectivity index (χ2n) is 3.81. The highest BCUT2D eigenvalue weighted by Gasteiger charge is 2.22. The summed E-state index contributed by atoms with van der Waals surface area (Å²) in [7, 11) is 0. The monoisotopic (exact) mass is 269 g/mol. The van der Waals surface area contributed by atoms with Gasteiger partial charge in [-0.2, -0.15) is 0 Å². The van der Waals surface area contributed by atoms with Crippen molar-refractivity contribution in [3.05, 3.63) is 45.4 Å². The third-order valence-corrected chi connectivity index (χ3v) is 3.76. The summed E-state index contributed by atoms with van der Waals surface area (Å²) >= 11 is 7.37. The molecule has 1 aliphatic rings. The minimum Gasteiger partial charge on any atom is -0.482 e. The Bertz CT molecular complexity index is 557. The predicted octanol–water partition coefficient (Wildman–Crippen LogP) is 4.09. The molecule has 5 heteroatoms. The second-order valence-corrected chi connectivity index (χ2v) is 5.35. The smallest absolute Gasteiger partial charge is 0.143 e. The molecule has 1 aliphatic heterocycles. The number of thiophene rings is 1. The summed E-state index contributed by atoms with van der Waals surface area (Å²) in [4.78, 5) is 0. The maximum absolute atomic E-state index is 13.0. The quantitative estimate of drug-likeness (QED) is 0.842. The van der Waals surface area contributed by atoms with Crippen molar-refractivity contribution in [1.82, 2.24) is 0 Å². The predicted molar refractivity (Wildman–Crippen MR) is 67.6 cm³/mol. The van der Waals surface area contributed by atoms with Crippen LogP contribution in [0.4, 0.5) is 10.1 Å². The van der Waals surface area contributed by atoms with Gasteiger partial charge < -0.3 is 10.1 Å². The van der Waals surface area contributed by atoms with Crippen molar-refractivity contribution < 1.29 is 9.13 Å². The van der Waals surface area contributed by atoms with Crippen LogP contribution in [0.15, 0.2) is 29.6 Å². The van der Waals surface area contributed by atoms with E-state index >= 15 is 0 Å². The first-order valence-corrected chi connectivity index (χ1v) is 6.42. The molecule has 0 aliphatic carbocycles. The summed E-state index contributed by atoms with van der Waals surface area (Å²) in [6, 6.07) is 6.36. The van der Waals surface area contributed by atoms with Gasteiger partial charge in [0.15, 0.2) is 0 Å². The maximum atomic E-state index is 13.0. The summed E-state index contributed by atoms with van der Waals surface area (Å²) < 4.78 is 19.6. The molecule has 2 heterocycles. The first kappa shape index (κ1) is 10.9. The van der Waals surface area contributed by atoms with E-state index in [1.54, 1.807) is 6.07 Å². The van der Waals surface area contributed by atoms with E-state index in [2.05, 4.69) is 5.32 Å². The summed E-state index contributed by atoms with van der Waals surface area (Å²) in [5.74, 6) is 0.404. The maximum Gasteiger partial charge on any atom is 0.143 e. The van der Waals surface area contributed by atoms with Crippen molar-refractivity contribution in [1.29, 1.82) is 0 Å². The van der Waals surface area contributed by atoms with Gasteiger partial charge in [0.05, 0.1) is 16.6 Å². The number of anilines is 1. The van der Waals surface area contributed by atoms with Crippen LogP contribution in [0.25, 0.3) is 0 Å². The Morgan fingerprint density at radius 3 is 3.06 bits per heavy atom. The Balaban J connectivity index is 1.88. The van der Waals surface area contributed by atoms with Crippen molar-refractivity contribution in [2.45, 2.75) is 6.10 Å². The van der Waals surface area contributed by atoms with E-state index < -0.39 is 0 Å². The van der Waals surface area contributed by atoms with Gasteiger partial charge in [0, 0.05) is 11.6 Å². The Labute approximate surface area is 107 Å². The molecule has 1 unspecified atom stereocenters. The van der Waals surface area contributed by atoms with Gasteiger partial charge in [-0.1, -0.05) is 11.6 Å². The molecule has 17 heavy (non-hydrogen) atoms. The van der Waals surface area contributed by atoms with E-state index in [9.17, 15) is 4.39 Å². The highest BCUT2D eigenvalue weighted by Crippen LogP contribution is 2.36. The van der Waals surface area contributed by atoms with Crippen LogP contribution in [0.2, 0.25) is 4.34 Å². The first-order chi connectivity index (χ1) is 8.22. The zero-order chi connectivity index (χ0) is 11.8. The molecule has 0 amide bonds. The highest BCUT2D eigenvalue weighted by molar-refractivity contribution is 7.14. The first-order valence-electron chi connectivity index (χ1n) is 5.16. The average molecular weight is 270 g/mol. The topological polar surface area (TPSA) is 21.3 Å². The average Bonchev–Trinajstić information content (AvgIpc) is 2.75. The van der Waals surface area contributed by atoms with Gasteiger partial charge in [-0.25, -0.2) is 4.39 Å². The molecule has 1 aromatic carbocycles. The molecule has 0 radical (unpaired) electrons. The Morgan fingerprint density at radius 2 is 2.29 bits per heavy atom. The lowest BCUT2D eigenvalue weighted by molar-refractivity contribution is 0.210. The SMILES string of the molecule is Fc1ccc2c(c1)NCC(c1csc(Cl)c1)O2. The third kappa shape index (κ3) is 2.10. The van der Waals surface area contributed by atoms with Crippen LogP contribution >= 0.6 is 22.9 Å². The molecular formula is C12H9ClFNOS. The number of nitrogens with one attached hydrogen (secondary N) is 1. The minimum absolute atomic E-state index is 0.0725. The second kappa shape index (κ2) is 4.20. The molecule has 0 bridgehead atoms. The molecule has 0 spiro atoms. The normalized spacial score (nSPS) is 18.1. The number of hydrogen-bond acceptors (Lipinski definition) is 3. The van der Waals surface area contributed by atoms with Gasteiger partial charge in [-0.05, 0) is 23.6 Å².